The smallest absolute Gasteiger partial charge is 0.226 e. The van der Waals surface area contributed by atoms with Crippen molar-refractivity contribution in [1.29, 1.82) is 0 Å². The number of aryl methyl sites for hydroxylation is 2. The molecule has 0 unspecified atom stereocenters. The molecule has 122 valence electrons. The van der Waals surface area contributed by atoms with Crippen molar-refractivity contribution in [2.75, 3.05) is 5.32 Å². The van der Waals surface area contributed by atoms with Gasteiger partial charge in [0.05, 0.1) is 0 Å². The van der Waals surface area contributed by atoms with E-state index in [0.717, 1.165) is 23.4 Å². The summed E-state index contributed by atoms with van der Waals surface area (Å²) in [7, 11) is 0. The second-order valence-electron chi connectivity index (χ2n) is 5.54. The van der Waals surface area contributed by atoms with Crippen LogP contribution in [0.2, 0.25) is 0 Å². The molecule has 6 heteroatoms. The molecule has 1 N–H and O–H groups in total. The molecule has 0 radical (unpaired) electrons. The molecule has 0 aliphatic heterocycles. The van der Waals surface area contributed by atoms with Crippen LogP contribution in [0.5, 0.6) is 0 Å². The molecular weight excluding hydrogens is 320 g/mol. The van der Waals surface area contributed by atoms with Gasteiger partial charge in [0, 0.05) is 24.4 Å². The van der Waals surface area contributed by atoms with Crippen LogP contribution in [0.3, 0.4) is 0 Å². The Balaban J connectivity index is 1.48. The van der Waals surface area contributed by atoms with Gasteiger partial charge in [0.1, 0.15) is 0 Å². The fourth-order valence-corrected chi connectivity index (χ4v) is 3.02. The van der Waals surface area contributed by atoms with E-state index in [1.54, 1.807) is 12.4 Å². The Kier molecular flexibility index (Phi) is 5.28. The lowest BCUT2D eigenvalue weighted by Crippen LogP contribution is -2.11. The molecule has 0 fully saturated rings. The number of amides is 1. The number of nitrogens with zero attached hydrogens (tertiary/aromatic N) is 3. The number of pyridine rings is 1. The van der Waals surface area contributed by atoms with Crippen LogP contribution in [0.4, 0.5) is 5.13 Å². The van der Waals surface area contributed by atoms with E-state index in [-0.39, 0.29) is 5.91 Å². The van der Waals surface area contributed by atoms with Gasteiger partial charge in [-0.1, -0.05) is 41.2 Å². The summed E-state index contributed by atoms with van der Waals surface area (Å²) in [4.78, 5) is 16.1. The minimum absolute atomic E-state index is 0.0315. The van der Waals surface area contributed by atoms with Crippen molar-refractivity contribution in [2.24, 2.45) is 0 Å². The summed E-state index contributed by atoms with van der Waals surface area (Å²) in [5.41, 5.74) is 3.40. The first-order valence-corrected chi connectivity index (χ1v) is 8.61. The lowest BCUT2D eigenvalue weighted by Gasteiger charge is -2.02. The van der Waals surface area contributed by atoms with Crippen molar-refractivity contribution in [3.8, 4) is 10.6 Å². The maximum atomic E-state index is 12.0. The third-order valence-corrected chi connectivity index (χ3v) is 4.46. The van der Waals surface area contributed by atoms with Crippen LogP contribution in [0.25, 0.3) is 10.6 Å². The standard InChI is InChI=1S/C18H18N4OS/c1-13-7-9-14(10-8-13)4-2-6-16(23)20-18-22-21-17(24-18)15-5-3-11-19-12-15/h3,5,7-12H,2,4,6H2,1H3,(H,20,22,23). The predicted octanol–water partition coefficient (Wildman–Crippen LogP) is 3.87. The number of aromatic nitrogens is 3. The van der Waals surface area contributed by atoms with Gasteiger partial charge in [-0.15, -0.1) is 10.2 Å². The highest BCUT2D eigenvalue weighted by Crippen LogP contribution is 2.25. The summed E-state index contributed by atoms with van der Waals surface area (Å²) in [6.45, 7) is 2.07. The molecule has 5 nitrogen and oxygen atoms in total. The van der Waals surface area contributed by atoms with Crippen molar-refractivity contribution in [1.82, 2.24) is 15.2 Å². The van der Waals surface area contributed by atoms with Gasteiger partial charge in [0.15, 0.2) is 5.01 Å². The zero-order chi connectivity index (χ0) is 16.8. The van der Waals surface area contributed by atoms with E-state index in [2.05, 4.69) is 51.7 Å². The topological polar surface area (TPSA) is 67.8 Å². The highest BCUT2D eigenvalue weighted by molar-refractivity contribution is 7.18. The molecule has 0 bridgehead atoms. The zero-order valence-corrected chi connectivity index (χ0v) is 14.2. The highest BCUT2D eigenvalue weighted by Gasteiger charge is 2.09. The fraction of sp³-hybridized carbons (Fsp3) is 0.222. The SMILES string of the molecule is Cc1ccc(CCCC(=O)Nc2nnc(-c3cccnc3)s2)cc1. The van der Waals surface area contributed by atoms with Crippen LogP contribution in [0.1, 0.15) is 24.0 Å². The zero-order valence-electron chi connectivity index (χ0n) is 13.4. The van der Waals surface area contributed by atoms with Gasteiger partial charge in [-0.05, 0) is 37.5 Å². The summed E-state index contributed by atoms with van der Waals surface area (Å²) in [6.07, 6.45) is 5.61. The minimum atomic E-state index is -0.0315. The number of anilines is 1. The van der Waals surface area contributed by atoms with Crippen molar-refractivity contribution in [2.45, 2.75) is 26.2 Å². The van der Waals surface area contributed by atoms with E-state index in [1.807, 2.05) is 12.1 Å². The van der Waals surface area contributed by atoms with Crippen LogP contribution in [0, 0.1) is 6.92 Å². The molecule has 0 atom stereocenters. The lowest BCUT2D eigenvalue weighted by molar-refractivity contribution is -0.116. The van der Waals surface area contributed by atoms with Gasteiger partial charge in [0.2, 0.25) is 11.0 Å². The van der Waals surface area contributed by atoms with Gasteiger partial charge >= 0.3 is 0 Å². The Bertz CT molecular complexity index is 799. The van der Waals surface area contributed by atoms with Crippen LogP contribution in [-0.2, 0) is 11.2 Å². The molecule has 2 heterocycles. The molecule has 0 spiro atoms. The quantitative estimate of drug-likeness (QED) is 0.741. The number of carbonyl (C=O) groups is 1. The van der Waals surface area contributed by atoms with Crippen molar-refractivity contribution in [3.63, 3.8) is 0 Å². The normalized spacial score (nSPS) is 10.5. The average Bonchev–Trinajstić information content (AvgIpc) is 3.06. The molecule has 24 heavy (non-hydrogen) atoms. The Morgan fingerprint density at radius 3 is 2.75 bits per heavy atom. The van der Waals surface area contributed by atoms with Crippen molar-refractivity contribution >= 4 is 22.4 Å². The number of carbonyl (C=O) groups excluding carboxylic acids is 1. The first kappa shape index (κ1) is 16.3. The fourth-order valence-electron chi connectivity index (χ4n) is 2.27. The number of rotatable bonds is 6. The van der Waals surface area contributed by atoms with Crippen LogP contribution in [0.15, 0.2) is 48.8 Å². The van der Waals surface area contributed by atoms with Crippen molar-refractivity contribution in [3.05, 3.63) is 59.9 Å². The number of hydrogen-bond donors (Lipinski definition) is 1. The van der Waals surface area contributed by atoms with E-state index in [0.29, 0.717) is 11.6 Å². The monoisotopic (exact) mass is 338 g/mol. The minimum Gasteiger partial charge on any atom is -0.301 e. The Morgan fingerprint density at radius 2 is 2.00 bits per heavy atom. The van der Waals surface area contributed by atoms with Gasteiger partial charge in [-0.3, -0.25) is 9.78 Å². The molecule has 2 aromatic heterocycles. The first-order chi connectivity index (χ1) is 11.7. The maximum absolute atomic E-state index is 12.0. The predicted molar refractivity (Wildman–Crippen MR) is 95.9 cm³/mol. The highest BCUT2D eigenvalue weighted by atomic mass is 32.1. The molecular formula is C18H18N4OS. The largest absolute Gasteiger partial charge is 0.301 e. The average molecular weight is 338 g/mol. The van der Waals surface area contributed by atoms with Crippen LogP contribution in [-0.4, -0.2) is 21.1 Å². The summed E-state index contributed by atoms with van der Waals surface area (Å²) in [5.74, 6) is -0.0315. The third-order valence-electron chi connectivity index (χ3n) is 3.57. The van der Waals surface area contributed by atoms with Crippen LogP contribution >= 0.6 is 11.3 Å². The Labute approximate surface area is 144 Å². The Hall–Kier alpha value is -2.60. The molecule has 0 saturated heterocycles. The molecule has 0 aliphatic carbocycles. The van der Waals surface area contributed by atoms with E-state index >= 15 is 0 Å². The maximum Gasteiger partial charge on any atom is 0.226 e. The van der Waals surface area contributed by atoms with Crippen LogP contribution < -0.4 is 5.32 Å². The first-order valence-electron chi connectivity index (χ1n) is 7.80. The number of hydrogen-bond acceptors (Lipinski definition) is 5. The summed E-state index contributed by atoms with van der Waals surface area (Å²) >= 11 is 1.35. The van der Waals surface area contributed by atoms with Crippen molar-refractivity contribution < 1.29 is 4.79 Å². The molecule has 1 aromatic carbocycles. The Morgan fingerprint density at radius 1 is 1.17 bits per heavy atom. The van der Waals surface area contributed by atoms with Gasteiger partial charge in [-0.25, -0.2) is 0 Å². The number of benzene rings is 1. The van der Waals surface area contributed by atoms with Gasteiger partial charge < -0.3 is 5.32 Å². The van der Waals surface area contributed by atoms with E-state index in [1.165, 1.54) is 22.5 Å². The molecule has 3 aromatic rings. The third kappa shape index (κ3) is 4.45. The molecule has 0 saturated carbocycles. The molecule has 0 aliphatic rings. The van der Waals surface area contributed by atoms with E-state index in [4.69, 9.17) is 0 Å². The molecule has 3 rings (SSSR count). The second-order valence-corrected chi connectivity index (χ2v) is 6.52. The lowest BCUT2D eigenvalue weighted by atomic mass is 10.1. The summed E-state index contributed by atoms with van der Waals surface area (Å²) < 4.78 is 0. The van der Waals surface area contributed by atoms with E-state index < -0.39 is 0 Å². The molecule has 1 amide bonds. The van der Waals surface area contributed by atoms with Gasteiger partial charge in [-0.2, -0.15) is 0 Å². The summed E-state index contributed by atoms with van der Waals surface area (Å²) in [5, 5.41) is 12.2. The second kappa shape index (κ2) is 7.79. The summed E-state index contributed by atoms with van der Waals surface area (Å²) in [6, 6.07) is 12.2. The number of nitrogens with one attached hydrogen (secondary N) is 1. The van der Waals surface area contributed by atoms with Gasteiger partial charge in [0.25, 0.3) is 0 Å². The van der Waals surface area contributed by atoms with E-state index in [9.17, 15) is 4.79 Å².